The number of amides is 2. The van der Waals surface area contributed by atoms with Crippen LogP contribution in [0, 0.1) is 0 Å². The van der Waals surface area contributed by atoms with Crippen molar-refractivity contribution in [3.63, 3.8) is 0 Å². The minimum Gasteiger partial charge on any atom is -0.459 e. The maximum atomic E-state index is 12.4. The highest BCUT2D eigenvalue weighted by Gasteiger charge is 2.54. The molecule has 2 rings (SSSR count). The predicted molar refractivity (Wildman–Crippen MR) is 122 cm³/mol. The molecule has 200 valence electrons. The zero-order valence-electron chi connectivity index (χ0n) is 20.4. The number of hydrogen-bond donors (Lipinski definition) is 6. The zero-order valence-corrected chi connectivity index (χ0v) is 20.4. The van der Waals surface area contributed by atoms with Crippen LogP contribution in [0.25, 0.3) is 0 Å². The standard InChI is InChI=1S/C23H38N2O10/c1-13(2)33-21(30)23(32)11-16(27)18(25-14(3)26)20(35-23)19(29)17(28)12-24-22(31)34-15-9-7-5-4-6-8-10-15/h7,9,13,15-20,27-29,32H,4-6,8,10-12H2,1-3H3,(H,24,31)(H,25,26)/b9-7+/t15?,16-,17+,18?,19+,20+,23?/m0/s1. The lowest BCUT2D eigenvalue weighted by atomic mass is 9.88. The molecule has 1 saturated heterocycles. The van der Waals surface area contributed by atoms with Gasteiger partial charge in [-0.1, -0.05) is 12.5 Å². The van der Waals surface area contributed by atoms with Gasteiger partial charge in [0.05, 0.1) is 24.4 Å². The number of esters is 1. The van der Waals surface area contributed by atoms with E-state index in [1.165, 1.54) is 6.92 Å². The minimum atomic E-state index is -2.62. The van der Waals surface area contributed by atoms with Gasteiger partial charge in [0.25, 0.3) is 5.79 Å². The lowest BCUT2D eigenvalue weighted by molar-refractivity contribution is -0.297. The third-order valence-corrected chi connectivity index (χ3v) is 5.77. The summed E-state index contributed by atoms with van der Waals surface area (Å²) in [6.45, 7) is 3.80. The number of allylic oxidation sites excluding steroid dienone is 1. The Morgan fingerprint density at radius 1 is 1.20 bits per heavy atom. The molecule has 7 atom stereocenters. The molecular formula is C23H38N2O10. The number of ether oxygens (including phenoxy) is 3. The van der Waals surface area contributed by atoms with Crippen LogP contribution >= 0.6 is 0 Å². The van der Waals surface area contributed by atoms with Crippen LogP contribution in [-0.2, 0) is 23.8 Å². The van der Waals surface area contributed by atoms with Crippen LogP contribution in [0.2, 0.25) is 0 Å². The number of alkyl carbamates (subject to hydrolysis) is 1. The molecule has 0 aromatic carbocycles. The van der Waals surface area contributed by atoms with Gasteiger partial charge in [-0.25, -0.2) is 9.59 Å². The molecule has 35 heavy (non-hydrogen) atoms. The van der Waals surface area contributed by atoms with Crippen molar-refractivity contribution in [3.8, 4) is 0 Å². The minimum absolute atomic E-state index is 0.402. The summed E-state index contributed by atoms with van der Waals surface area (Å²) in [5.41, 5.74) is 0. The smallest absolute Gasteiger partial charge is 0.407 e. The molecular weight excluding hydrogens is 464 g/mol. The fourth-order valence-corrected chi connectivity index (χ4v) is 4.04. The normalized spacial score (nSPS) is 31.9. The van der Waals surface area contributed by atoms with Crippen LogP contribution in [0.15, 0.2) is 12.2 Å². The summed E-state index contributed by atoms with van der Waals surface area (Å²) >= 11 is 0. The van der Waals surface area contributed by atoms with E-state index in [4.69, 9.17) is 14.2 Å². The molecule has 1 heterocycles. The molecule has 1 aliphatic carbocycles. The van der Waals surface area contributed by atoms with E-state index in [1.807, 2.05) is 12.2 Å². The Morgan fingerprint density at radius 3 is 2.57 bits per heavy atom. The van der Waals surface area contributed by atoms with Gasteiger partial charge in [-0.05, 0) is 45.6 Å². The van der Waals surface area contributed by atoms with Crippen molar-refractivity contribution in [1.82, 2.24) is 10.6 Å². The zero-order chi connectivity index (χ0) is 26.2. The third kappa shape index (κ3) is 8.73. The highest BCUT2D eigenvalue weighted by molar-refractivity contribution is 5.78. The summed E-state index contributed by atoms with van der Waals surface area (Å²) in [6.07, 6.45) is -0.679. The summed E-state index contributed by atoms with van der Waals surface area (Å²) in [5.74, 6) is -4.39. The molecule has 2 aliphatic rings. The number of carbonyl (C=O) groups excluding carboxylic acids is 3. The van der Waals surface area contributed by atoms with Crippen molar-refractivity contribution >= 4 is 18.0 Å². The average Bonchev–Trinajstić information content (AvgIpc) is 2.74. The first-order valence-electron chi connectivity index (χ1n) is 12.0. The number of hydrogen-bond acceptors (Lipinski definition) is 10. The Kier molecular flexibility index (Phi) is 10.9. The Morgan fingerprint density at radius 2 is 1.91 bits per heavy atom. The van der Waals surface area contributed by atoms with Gasteiger partial charge in [0.2, 0.25) is 5.91 Å². The van der Waals surface area contributed by atoms with Crippen molar-refractivity contribution in [2.75, 3.05) is 6.54 Å². The number of aliphatic hydroxyl groups is 4. The molecule has 0 spiro atoms. The van der Waals surface area contributed by atoms with Crippen LogP contribution in [0.4, 0.5) is 4.79 Å². The number of carbonyl (C=O) groups is 3. The molecule has 2 amide bonds. The van der Waals surface area contributed by atoms with Crippen LogP contribution < -0.4 is 10.6 Å². The Labute approximate surface area is 204 Å². The van der Waals surface area contributed by atoms with Gasteiger partial charge in [-0.3, -0.25) is 4.79 Å². The van der Waals surface area contributed by atoms with E-state index in [0.29, 0.717) is 6.42 Å². The van der Waals surface area contributed by atoms with Crippen LogP contribution in [0.3, 0.4) is 0 Å². The molecule has 0 saturated carbocycles. The Bertz CT molecular complexity index is 761. The van der Waals surface area contributed by atoms with E-state index in [2.05, 4.69) is 10.6 Å². The summed E-state index contributed by atoms with van der Waals surface area (Å²) in [5, 5.41) is 47.2. The van der Waals surface area contributed by atoms with Crippen molar-refractivity contribution in [3.05, 3.63) is 12.2 Å². The molecule has 6 N–H and O–H groups in total. The largest absolute Gasteiger partial charge is 0.459 e. The predicted octanol–water partition coefficient (Wildman–Crippen LogP) is -0.382. The molecule has 3 unspecified atom stereocenters. The molecule has 0 aromatic heterocycles. The van der Waals surface area contributed by atoms with Gasteiger partial charge in [-0.2, -0.15) is 0 Å². The van der Waals surface area contributed by atoms with E-state index < -0.39 is 79.4 Å². The summed E-state index contributed by atoms with van der Waals surface area (Å²) in [7, 11) is 0. The molecule has 1 aliphatic heterocycles. The highest BCUT2D eigenvalue weighted by atomic mass is 16.7. The van der Waals surface area contributed by atoms with Crippen LogP contribution in [0.5, 0.6) is 0 Å². The fraction of sp³-hybridized carbons (Fsp3) is 0.783. The van der Waals surface area contributed by atoms with E-state index >= 15 is 0 Å². The van der Waals surface area contributed by atoms with E-state index in [-0.39, 0.29) is 0 Å². The van der Waals surface area contributed by atoms with Crippen LogP contribution in [-0.4, -0.2) is 93.4 Å². The maximum Gasteiger partial charge on any atom is 0.407 e. The topological polar surface area (TPSA) is 184 Å². The van der Waals surface area contributed by atoms with Crippen molar-refractivity contribution in [1.29, 1.82) is 0 Å². The molecule has 0 aromatic rings. The number of nitrogens with one attached hydrogen (secondary N) is 2. The average molecular weight is 503 g/mol. The molecule has 0 radical (unpaired) electrons. The van der Waals surface area contributed by atoms with Gasteiger partial charge in [0, 0.05) is 19.9 Å². The highest BCUT2D eigenvalue weighted by Crippen LogP contribution is 2.31. The second-order valence-corrected chi connectivity index (χ2v) is 9.27. The summed E-state index contributed by atoms with van der Waals surface area (Å²) < 4.78 is 15.7. The second-order valence-electron chi connectivity index (χ2n) is 9.27. The molecule has 12 nitrogen and oxygen atoms in total. The maximum absolute atomic E-state index is 12.4. The molecule has 0 bridgehead atoms. The van der Waals surface area contributed by atoms with Gasteiger partial charge >= 0.3 is 12.1 Å². The van der Waals surface area contributed by atoms with E-state index in [9.17, 15) is 34.8 Å². The van der Waals surface area contributed by atoms with Crippen molar-refractivity contribution in [2.24, 2.45) is 0 Å². The lowest BCUT2D eigenvalue weighted by Gasteiger charge is -2.45. The van der Waals surface area contributed by atoms with Gasteiger partial charge in [0.15, 0.2) is 0 Å². The lowest BCUT2D eigenvalue weighted by Crippen LogP contribution is -2.67. The van der Waals surface area contributed by atoms with Crippen LogP contribution in [0.1, 0.15) is 59.3 Å². The van der Waals surface area contributed by atoms with E-state index in [1.54, 1.807) is 13.8 Å². The number of aliphatic hydroxyl groups excluding tert-OH is 3. The first-order valence-corrected chi connectivity index (χ1v) is 12.0. The number of rotatable bonds is 8. The summed E-state index contributed by atoms with van der Waals surface area (Å²) in [6, 6.07) is -1.27. The first kappa shape index (κ1) is 29.0. The third-order valence-electron chi connectivity index (χ3n) is 5.77. The van der Waals surface area contributed by atoms with Gasteiger partial charge in [-0.15, -0.1) is 0 Å². The molecule has 1 fully saturated rings. The first-order chi connectivity index (χ1) is 16.4. The van der Waals surface area contributed by atoms with Gasteiger partial charge < -0.3 is 45.3 Å². The fourth-order valence-electron chi connectivity index (χ4n) is 4.04. The van der Waals surface area contributed by atoms with E-state index in [0.717, 1.165) is 25.7 Å². The SMILES string of the molecule is CC(=O)NC1[C@H]([C@H](O)[C@H](O)CNC(=O)OC2/C=C/CCCCC2)OC(O)(C(=O)OC(C)C)C[C@@H]1O. The van der Waals surface area contributed by atoms with Crippen molar-refractivity contribution in [2.45, 2.75) is 108 Å². The quantitative estimate of drug-likeness (QED) is 0.189. The Balaban J connectivity index is 2.05. The van der Waals surface area contributed by atoms with Crippen molar-refractivity contribution < 1.29 is 49.0 Å². The summed E-state index contributed by atoms with van der Waals surface area (Å²) in [4.78, 5) is 36.2. The second kappa shape index (κ2) is 13.2. The Hall–Kier alpha value is -2.25. The molecule has 12 heteroatoms. The monoisotopic (exact) mass is 502 g/mol. The van der Waals surface area contributed by atoms with Gasteiger partial charge in [0.1, 0.15) is 18.3 Å².